The van der Waals surface area contributed by atoms with E-state index in [2.05, 4.69) is 10.3 Å². The second-order valence-corrected chi connectivity index (χ2v) is 7.42. The molecule has 1 fully saturated rings. The number of benzene rings is 1. The van der Waals surface area contributed by atoms with Gasteiger partial charge in [-0.05, 0) is 49.1 Å². The number of amides is 2. The minimum Gasteiger partial charge on any atom is -0.486 e. The zero-order chi connectivity index (χ0) is 20.2. The third-order valence-corrected chi connectivity index (χ3v) is 5.45. The van der Waals surface area contributed by atoms with Crippen LogP contribution in [-0.2, 0) is 4.79 Å². The smallest absolute Gasteiger partial charge is 0.253 e. The predicted molar refractivity (Wildman–Crippen MR) is 107 cm³/mol. The minimum absolute atomic E-state index is 0.00524. The van der Waals surface area contributed by atoms with Crippen LogP contribution in [0.1, 0.15) is 41.9 Å². The molecule has 7 heteroatoms. The fourth-order valence-corrected chi connectivity index (χ4v) is 4.01. The van der Waals surface area contributed by atoms with Crippen molar-refractivity contribution < 1.29 is 19.1 Å². The highest BCUT2D eigenvalue weighted by Crippen LogP contribution is 2.33. The van der Waals surface area contributed by atoms with Crippen LogP contribution < -0.4 is 14.8 Å². The van der Waals surface area contributed by atoms with Gasteiger partial charge in [-0.1, -0.05) is 6.07 Å². The number of piperidine rings is 1. The molecule has 1 atom stereocenters. The number of nitrogens with one attached hydrogen (secondary N) is 1. The van der Waals surface area contributed by atoms with Crippen LogP contribution in [0.5, 0.6) is 11.5 Å². The van der Waals surface area contributed by atoms with Crippen molar-refractivity contribution in [3.05, 3.63) is 53.9 Å². The van der Waals surface area contributed by atoms with Crippen molar-refractivity contribution in [2.24, 2.45) is 5.92 Å². The molecule has 0 spiro atoms. The second-order valence-electron chi connectivity index (χ2n) is 7.42. The van der Waals surface area contributed by atoms with Gasteiger partial charge in [-0.15, -0.1) is 0 Å². The maximum atomic E-state index is 13.0. The number of aromatic nitrogens is 1. The largest absolute Gasteiger partial charge is 0.486 e. The van der Waals surface area contributed by atoms with Gasteiger partial charge in [0.2, 0.25) is 5.91 Å². The van der Waals surface area contributed by atoms with Gasteiger partial charge >= 0.3 is 0 Å². The molecule has 0 radical (unpaired) electrons. The van der Waals surface area contributed by atoms with Crippen LogP contribution in [0.25, 0.3) is 0 Å². The van der Waals surface area contributed by atoms with Crippen LogP contribution in [-0.4, -0.2) is 48.0 Å². The first-order chi connectivity index (χ1) is 14.1. The summed E-state index contributed by atoms with van der Waals surface area (Å²) in [4.78, 5) is 31.0. The van der Waals surface area contributed by atoms with Gasteiger partial charge in [0.05, 0.1) is 11.7 Å². The highest BCUT2D eigenvalue weighted by atomic mass is 16.6. The monoisotopic (exact) mass is 395 g/mol. The van der Waals surface area contributed by atoms with Gasteiger partial charge in [0.1, 0.15) is 13.2 Å². The van der Waals surface area contributed by atoms with Crippen LogP contribution >= 0.6 is 0 Å². The van der Waals surface area contributed by atoms with E-state index in [9.17, 15) is 9.59 Å². The molecule has 3 heterocycles. The molecule has 4 rings (SSSR count). The standard InChI is InChI=1S/C22H25N3O4/c1-15(26)24-21(18-4-2-3-9-23-18)16-7-10-25(11-8-16)22(27)17-5-6-19-20(14-17)29-13-12-28-19/h2-6,9,14,16,21H,7-8,10-13H2,1H3,(H,24,26)/t21-/m0/s1. The van der Waals surface area contributed by atoms with Gasteiger partial charge < -0.3 is 19.7 Å². The van der Waals surface area contributed by atoms with E-state index in [4.69, 9.17) is 9.47 Å². The molecule has 29 heavy (non-hydrogen) atoms. The van der Waals surface area contributed by atoms with Gasteiger partial charge in [-0.25, -0.2) is 0 Å². The second kappa shape index (κ2) is 8.51. The number of likely N-dealkylation sites (tertiary alicyclic amines) is 1. The fourth-order valence-electron chi connectivity index (χ4n) is 4.01. The number of rotatable bonds is 4. The van der Waals surface area contributed by atoms with E-state index in [0.717, 1.165) is 18.5 Å². The van der Waals surface area contributed by atoms with Crippen LogP contribution in [0.2, 0.25) is 0 Å². The molecule has 1 N–H and O–H groups in total. The molecule has 0 aliphatic carbocycles. The fraction of sp³-hybridized carbons (Fsp3) is 0.409. The number of fused-ring (bicyclic) bond motifs is 1. The van der Waals surface area contributed by atoms with Crippen molar-refractivity contribution in [3.63, 3.8) is 0 Å². The van der Waals surface area contributed by atoms with Crippen molar-refractivity contribution in [2.75, 3.05) is 26.3 Å². The average Bonchev–Trinajstić information content (AvgIpc) is 2.77. The lowest BCUT2D eigenvalue weighted by Crippen LogP contribution is -2.43. The first kappa shape index (κ1) is 19.2. The van der Waals surface area contributed by atoms with E-state index >= 15 is 0 Å². The van der Waals surface area contributed by atoms with Gasteiger partial charge in [-0.2, -0.15) is 0 Å². The van der Waals surface area contributed by atoms with Crippen LogP contribution in [0.3, 0.4) is 0 Å². The Morgan fingerprint density at radius 2 is 1.86 bits per heavy atom. The Kier molecular flexibility index (Phi) is 5.64. The molecule has 1 aromatic heterocycles. The lowest BCUT2D eigenvalue weighted by atomic mass is 9.87. The Hall–Kier alpha value is -3.09. The number of nitrogens with zero attached hydrogens (tertiary/aromatic N) is 2. The summed E-state index contributed by atoms with van der Waals surface area (Å²) >= 11 is 0. The summed E-state index contributed by atoms with van der Waals surface area (Å²) in [6.07, 6.45) is 3.35. The number of hydrogen-bond donors (Lipinski definition) is 1. The first-order valence-electron chi connectivity index (χ1n) is 9.99. The minimum atomic E-state index is -0.139. The maximum absolute atomic E-state index is 13.0. The van der Waals surface area contributed by atoms with Gasteiger partial charge in [0.25, 0.3) is 5.91 Å². The van der Waals surface area contributed by atoms with Gasteiger partial charge in [0, 0.05) is 31.8 Å². The predicted octanol–water partition coefficient (Wildman–Crippen LogP) is 2.58. The van der Waals surface area contributed by atoms with Crippen LogP contribution in [0.4, 0.5) is 0 Å². The van der Waals surface area contributed by atoms with Crippen molar-refractivity contribution >= 4 is 11.8 Å². The zero-order valence-corrected chi connectivity index (χ0v) is 16.5. The third-order valence-electron chi connectivity index (χ3n) is 5.45. The summed E-state index contributed by atoms with van der Waals surface area (Å²) in [5, 5.41) is 3.04. The SMILES string of the molecule is CC(=O)N[C@H](c1ccccn1)C1CCN(C(=O)c2ccc3c(c2)OCCO3)CC1. The number of pyridine rings is 1. The topological polar surface area (TPSA) is 80.8 Å². The van der Waals surface area contributed by atoms with Gasteiger partial charge in [-0.3, -0.25) is 14.6 Å². The summed E-state index contributed by atoms with van der Waals surface area (Å²) in [5.74, 6) is 1.46. The third kappa shape index (κ3) is 4.34. The van der Waals surface area contributed by atoms with Crippen LogP contribution in [0.15, 0.2) is 42.6 Å². The number of ether oxygens (including phenoxy) is 2. The molecular formula is C22H25N3O4. The van der Waals surface area contributed by atoms with E-state index in [1.807, 2.05) is 23.1 Å². The summed E-state index contributed by atoms with van der Waals surface area (Å²) in [5.41, 5.74) is 1.47. The molecule has 2 aromatic rings. The highest BCUT2D eigenvalue weighted by Gasteiger charge is 2.31. The molecule has 7 nitrogen and oxygen atoms in total. The van der Waals surface area contributed by atoms with E-state index in [-0.39, 0.29) is 23.8 Å². The number of hydrogen-bond acceptors (Lipinski definition) is 5. The number of carbonyl (C=O) groups is 2. The zero-order valence-electron chi connectivity index (χ0n) is 16.5. The molecule has 1 saturated heterocycles. The number of carbonyl (C=O) groups excluding carboxylic acids is 2. The first-order valence-corrected chi connectivity index (χ1v) is 9.99. The lowest BCUT2D eigenvalue weighted by molar-refractivity contribution is -0.120. The summed E-state index contributed by atoms with van der Waals surface area (Å²) in [6, 6.07) is 10.9. The van der Waals surface area contributed by atoms with Crippen LogP contribution in [0, 0.1) is 5.92 Å². The molecule has 0 saturated carbocycles. The Morgan fingerprint density at radius 3 is 2.55 bits per heavy atom. The normalized spacial score (nSPS) is 17.5. The molecule has 2 aliphatic heterocycles. The Labute approximate surface area is 170 Å². The maximum Gasteiger partial charge on any atom is 0.253 e. The van der Waals surface area contributed by atoms with E-state index < -0.39 is 0 Å². The summed E-state index contributed by atoms with van der Waals surface area (Å²) in [6.45, 7) is 3.83. The average molecular weight is 395 g/mol. The van der Waals surface area contributed by atoms with Crippen molar-refractivity contribution in [2.45, 2.75) is 25.8 Å². The molecule has 0 bridgehead atoms. The lowest BCUT2D eigenvalue weighted by Gasteiger charge is -2.36. The van der Waals surface area contributed by atoms with E-state index in [1.54, 1.807) is 24.4 Å². The molecular weight excluding hydrogens is 370 g/mol. The summed E-state index contributed by atoms with van der Waals surface area (Å²) in [7, 11) is 0. The molecule has 2 amide bonds. The molecule has 2 aliphatic rings. The molecule has 0 unspecified atom stereocenters. The van der Waals surface area contributed by atoms with E-state index in [1.165, 1.54) is 6.92 Å². The van der Waals surface area contributed by atoms with Crippen molar-refractivity contribution in [1.82, 2.24) is 15.2 Å². The molecule has 152 valence electrons. The summed E-state index contributed by atoms with van der Waals surface area (Å²) < 4.78 is 11.1. The highest BCUT2D eigenvalue weighted by molar-refractivity contribution is 5.95. The van der Waals surface area contributed by atoms with E-state index in [0.29, 0.717) is 43.4 Å². The Morgan fingerprint density at radius 1 is 1.10 bits per heavy atom. The quantitative estimate of drug-likeness (QED) is 0.861. The van der Waals surface area contributed by atoms with Crippen molar-refractivity contribution in [1.29, 1.82) is 0 Å². The molecule has 1 aromatic carbocycles. The Bertz CT molecular complexity index is 879. The van der Waals surface area contributed by atoms with Crippen molar-refractivity contribution in [3.8, 4) is 11.5 Å². The van der Waals surface area contributed by atoms with Gasteiger partial charge in [0.15, 0.2) is 11.5 Å². The Balaban J connectivity index is 1.43.